The van der Waals surface area contributed by atoms with Gasteiger partial charge in [-0.2, -0.15) is 4.31 Å². The van der Waals surface area contributed by atoms with Gasteiger partial charge >= 0.3 is 5.97 Å². The number of rotatable bonds is 2. The Morgan fingerprint density at radius 1 is 1.17 bits per heavy atom. The molecule has 2 aliphatic heterocycles. The third-order valence-corrected chi connectivity index (χ3v) is 7.07. The lowest BCUT2D eigenvalue weighted by atomic mass is 9.97. The van der Waals surface area contributed by atoms with Crippen LogP contribution in [0.2, 0.25) is 0 Å². The summed E-state index contributed by atoms with van der Waals surface area (Å²) in [7, 11) is -3.83. The molecule has 1 aromatic carbocycles. The van der Waals surface area contributed by atoms with E-state index >= 15 is 0 Å². The van der Waals surface area contributed by atoms with E-state index in [9.17, 15) is 18.0 Å². The molecule has 1 aliphatic carbocycles. The number of cyclic esters (lactones) is 1. The molecule has 24 heavy (non-hydrogen) atoms. The van der Waals surface area contributed by atoms with Gasteiger partial charge in [-0.1, -0.05) is 12.8 Å². The second-order valence-corrected chi connectivity index (χ2v) is 8.36. The number of esters is 1. The summed E-state index contributed by atoms with van der Waals surface area (Å²) in [5, 5.41) is 2.69. The lowest BCUT2D eigenvalue weighted by Crippen LogP contribution is -2.60. The molecule has 1 N–H and O–H groups in total. The first-order chi connectivity index (χ1) is 11.4. The smallest absolute Gasteiger partial charge is 0.327 e. The van der Waals surface area contributed by atoms with Gasteiger partial charge in [-0.3, -0.25) is 9.59 Å². The number of carbonyl (C=O) groups is 2. The molecule has 2 fully saturated rings. The highest BCUT2D eigenvalue weighted by Gasteiger charge is 2.54. The van der Waals surface area contributed by atoms with Crippen LogP contribution >= 0.6 is 0 Å². The highest BCUT2D eigenvalue weighted by molar-refractivity contribution is 7.89. The van der Waals surface area contributed by atoms with Crippen LogP contribution in [0.3, 0.4) is 0 Å². The van der Waals surface area contributed by atoms with Gasteiger partial charge in [0.15, 0.2) is 0 Å². The number of nitrogens with one attached hydrogen (secondary N) is 1. The zero-order chi connectivity index (χ0) is 16.9. The van der Waals surface area contributed by atoms with E-state index < -0.39 is 21.5 Å². The van der Waals surface area contributed by atoms with Gasteiger partial charge in [0, 0.05) is 12.2 Å². The molecule has 1 aromatic rings. The number of ether oxygens (including phenoxy) is 1. The monoisotopic (exact) mass is 350 g/mol. The summed E-state index contributed by atoms with van der Waals surface area (Å²) in [5.41, 5.74) is 0.248. The second kappa shape index (κ2) is 5.29. The van der Waals surface area contributed by atoms with Crippen molar-refractivity contribution in [2.75, 3.05) is 18.5 Å². The van der Waals surface area contributed by atoms with Crippen molar-refractivity contribution in [1.82, 2.24) is 4.31 Å². The summed E-state index contributed by atoms with van der Waals surface area (Å²) in [6.45, 7) is 0.243. The minimum absolute atomic E-state index is 0.0742. The number of carbonyl (C=O) groups excluding carboxylic acids is 2. The molecule has 1 saturated heterocycles. The van der Waals surface area contributed by atoms with Crippen LogP contribution in [0.5, 0.6) is 0 Å². The molecule has 7 nitrogen and oxygen atoms in total. The maximum atomic E-state index is 13.2. The van der Waals surface area contributed by atoms with Crippen molar-refractivity contribution >= 4 is 27.6 Å². The fourth-order valence-corrected chi connectivity index (χ4v) is 5.75. The van der Waals surface area contributed by atoms with E-state index in [1.165, 1.54) is 16.4 Å². The average Bonchev–Trinajstić information content (AvgIpc) is 3.15. The van der Waals surface area contributed by atoms with Gasteiger partial charge < -0.3 is 10.1 Å². The third kappa shape index (κ3) is 2.16. The molecule has 0 radical (unpaired) electrons. The summed E-state index contributed by atoms with van der Waals surface area (Å²) < 4.78 is 32.9. The van der Waals surface area contributed by atoms with Crippen molar-refractivity contribution in [3.63, 3.8) is 0 Å². The first-order valence-electron chi connectivity index (χ1n) is 8.06. The molecule has 128 valence electrons. The fraction of sp³-hybridized carbons (Fsp3) is 0.500. The fourth-order valence-electron chi connectivity index (χ4n) is 3.93. The van der Waals surface area contributed by atoms with Crippen LogP contribution in [0.15, 0.2) is 23.1 Å². The Balaban J connectivity index is 1.76. The van der Waals surface area contributed by atoms with Crippen LogP contribution in [0, 0.1) is 0 Å². The van der Waals surface area contributed by atoms with Gasteiger partial charge in [-0.25, -0.2) is 8.42 Å². The van der Waals surface area contributed by atoms with Crippen molar-refractivity contribution in [3.8, 4) is 0 Å². The number of hydrogen-bond donors (Lipinski definition) is 1. The predicted molar refractivity (Wildman–Crippen MR) is 84.8 cm³/mol. The maximum Gasteiger partial charge on any atom is 0.327 e. The molecule has 2 heterocycles. The summed E-state index contributed by atoms with van der Waals surface area (Å²) in [5.74, 6) is -0.582. The number of nitrogens with zero attached hydrogens (tertiary/aromatic N) is 1. The second-order valence-electron chi connectivity index (χ2n) is 6.50. The topological polar surface area (TPSA) is 92.8 Å². The number of sulfonamides is 1. The summed E-state index contributed by atoms with van der Waals surface area (Å²) in [6, 6.07) is 4.63. The Bertz CT molecular complexity index is 827. The molecule has 0 unspecified atom stereocenters. The van der Waals surface area contributed by atoms with Crippen LogP contribution in [-0.2, 0) is 30.8 Å². The first-order valence-corrected chi connectivity index (χ1v) is 9.50. The van der Waals surface area contributed by atoms with Crippen LogP contribution in [0.1, 0.15) is 31.2 Å². The van der Waals surface area contributed by atoms with Crippen LogP contribution < -0.4 is 5.32 Å². The summed E-state index contributed by atoms with van der Waals surface area (Å²) in [4.78, 5) is 24.0. The van der Waals surface area contributed by atoms with E-state index in [-0.39, 0.29) is 30.4 Å². The van der Waals surface area contributed by atoms with Crippen molar-refractivity contribution in [2.45, 2.75) is 42.5 Å². The average molecular weight is 350 g/mol. The molecule has 1 spiro atoms. The predicted octanol–water partition coefficient (Wildman–Crippen LogP) is 1.04. The van der Waals surface area contributed by atoms with E-state index in [1.54, 1.807) is 6.07 Å². The SMILES string of the molecule is O=C1Cc2cc(S(=O)(=O)N3CCOC(=O)C34CCCC4)ccc2N1. The molecule has 0 atom stereocenters. The Morgan fingerprint density at radius 3 is 2.67 bits per heavy atom. The molecule has 1 saturated carbocycles. The van der Waals surface area contributed by atoms with E-state index in [1.807, 2.05) is 0 Å². The molecule has 8 heteroatoms. The number of benzene rings is 1. The first kappa shape index (κ1) is 15.6. The zero-order valence-electron chi connectivity index (χ0n) is 13.1. The molecule has 1 amide bonds. The van der Waals surface area contributed by atoms with E-state index in [0.29, 0.717) is 24.1 Å². The summed E-state index contributed by atoms with van der Waals surface area (Å²) in [6.07, 6.45) is 2.78. The van der Waals surface area contributed by atoms with Crippen molar-refractivity contribution in [2.24, 2.45) is 0 Å². The molecule has 0 aromatic heterocycles. The number of fused-ring (bicyclic) bond motifs is 1. The Labute approximate surface area is 140 Å². The van der Waals surface area contributed by atoms with Gasteiger partial charge in [0.2, 0.25) is 15.9 Å². The number of morpholine rings is 1. The number of anilines is 1. The molecule has 4 rings (SSSR count). The molecular weight excluding hydrogens is 332 g/mol. The van der Waals surface area contributed by atoms with Crippen LogP contribution in [0.4, 0.5) is 5.69 Å². The van der Waals surface area contributed by atoms with Gasteiger partial charge in [0.25, 0.3) is 0 Å². The van der Waals surface area contributed by atoms with E-state index in [2.05, 4.69) is 5.32 Å². The minimum atomic E-state index is -3.83. The third-order valence-electron chi connectivity index (χ3n) is 5.11. The van der Waals surface area contributed by atoms with Crippen LogP contribution in [0.25, 0.3) is 0 Å². The largest absolute Gasteiger partial charge is 0.463 e. The highest BCUT2D eigenvalue weighted by Crippen LogP contribution is 2.41. The Morgan fingerprint density at radius 2 is 1.92 bits per heavy atom. The zero-order valence-corrected chi connectivity index (χ0v) is 13.9. The number of amides is 1. The van der Waals surface area contributed by atoms with Crippen LogP contribution in [-0.4, -0.2) is 43.3 Å². The van der Waals surface area contributed by atoms with Gasteiger partial charge in [-0.05, 0) is 36.6 Å². The normalized spacial score (nSPS) is 23.2. The highest BCUT2D eigenvalue weighted by atomic mass is 32.2. The quantitative estimate of drug-likeness (QED) is 0.805. The molecule has 0 bridgehead atoms. The molecule has 3 aliphatic rings. The van der Waals surface area contributed by atoms with Crippen molar-refractivity contribution < 1.29 is 22.7 Å². The van der Waals surface area contributed by atoms with Gasteiger partial charge in [0.05, 0.1) is 11.3 Å². The van der Waals surface area contributed by atoms with E-state index in [4.69, 9.17) is 4.74 Å². The lowest BCUT2D eigenvalue weighted by Gasteiger charge is -2.41. The lowest BCUT2D eigenvalue weighted by molar-refractivity contribution is -0.162. The number of hydrogen-bond acceptors (Lipinski definition) is 5. The Kier molecular flexibility index (Phi) is 3.43. The Hall–Kier alpha value is -1.93. The summed E-state index contributed by atoms with van der Waals surface area (Å²) >= 11 is 0. The maximum absolute atomic E-state index is 13.2. The van der Waals surface area contributed by atoms with Crippen molar-refractivity contribution in [3.05, 3.63) is 23.8 Å². The molecular formula is C16H18N2O5S. The van der Waals surface area contributed by atoms with Gasteiger partial charge in [0.1, 0.15) is 12.1 Å². The van der Waals surface area contributed by atoms with E-state index in [0.717, 1.165) is 12.8 Å². The standard InChI is InChI=1S/C16H18N2O5S/c19-14-10-11-9-12(3-4-13(11)17-14)24(21,22)18-7-8-23-15(20)16(18)5-1-2-6-16/h3-4,9H,1-2,5-8,10H2,(H,17,19). The van der Waals surface area contributed by atoms with Crippen molar-refractivity contribution in [1.29, 1.82) is 0 Å². The van der Waals surface area contributed by atoms with Gasteiger partial charge in [-0.15, -0.1) is 0 Å². The minimum Gasteiger partial charge on any atom is -0.463 e.